The molecule has 0 saturated carbocycles. The van der Waals surface area contributed by atoms with Crippen LogP contribution in [0.3, 0.4) is 0 Å². The van der Waals surface area contributed by atoms with Crippen molar-refractivity contribution >= 4 is 20.2 Å². The fraction of sp³-hybridized carbons (Fsp3) is 0.667. The highest BCUT2D eigenvalue weighted by molar-refractivity contribution is 7.86. The number of ether oxygens (including phenoxy) is 1. The monoisotopic (exact) mass is 398 g/mol. The highest BCUT2D eigenvalue weighted by Crippen LogP contribution is 2.36. The zero-order valence-electron chi connectivity index (χ0n) is 13.6. The smallest absolute Gasteiger partial charge is 0.330 e. The van der Waals surface area contributed by atoms with Crippen LogP contribution < -0.4 is 11.2 Å². The van der Waals surface area contributed by atoms with Gasteiger partial charge in [0.2, 0.25) is 0 Å². The Bertz CT molecular complexity index is 947. The van der Waals surface area contributed by atoms with Crippen LogP contribution in [0, 0.1) is 5.92 Å². The van der Waals surface area contributed by atoms with Crippen LogP contribution in [0.15, 0.2) is 21.9 Å². The van der Waals surface area contributed by atoms with E-state index in [0.29, 0.717) is 0 Å². The van der Waals surface area contributed by atoms with Crippen molar-refractivity contribution in [3.63, 3.8) is 0 Å². The maximum absolute atomic E-state index is 11.9. The van der Waals surface area contributed by atoms with Gasteiger partial charge in [0.1, 0.15) is 18.4 Å². The van der Waals surface area contributed by atoms with E-state index in [1.807, 2.05) is 0 Å². The van der Waals surface area contributed by atoms with Crippen molar-refractivity contribution in [3.8, 4) is 0 Å². The molecule has 0 bridgehead atoms. The Morgan fingerprint density at radius 3 is 2.36 bits per heavy atom. The maximum Gasteiger partial charge on any atom is 0.330 e. The van der Waals surface area contributed by atoms with Crippen molar-refractivity contribution < 1.29 is 29.9 Å². The van der Waals surface area contributed by atoms with E-state index in [-0.39, 0.29) is 0 Å². The predicted molar refractivity (Wildman–Crippen MR) is 84.9 cm³/mol. The molecule has 1 aliphatic heterocycles. The standard InChI is InChI=1S/C12H18N2O9S2/c1-7-10(23-25(3,19)20)8(6-21-24(2,17)18)22-11(7)14-5-4-9(15)13-12(14)16/h4-5,7-8,10-11H,6H2,1-3H3,(H,13,15,16)/t7-,8+,10-,11+/m0/s1. The average Bonchev–Trinajstić information content (AvgIpc) is 2.72. The summed E-state index contributed by atoms with van der Waals surface area (Å²) < 4.78 is 61.6. The van der Waals surface area contributed by atoms with Crippen molar-refractivity contribution in [2.24, 2.45) is 5.92 Å². The van der Waals surface area contributed by atoms with Crippen LogP contribution in [0.25, 0.3) is 0 Å². The summed E-state index contributed by atoms with van der Waals surface area (Å²) >= 11 is 0. The number of hydrogen-bond donors (Lipinski definition) is 1. The van der Waals surface area contributed by atoms with E-state index in [2.05, 4.69) is 9.17 Å². The second-order valence-corrected chi connectivity index (χ2v) is 8.94. The molecule has 11 nitrogen and oxygen atoms in total. The molecule has 1 N–H and O–H groups in total. The molecule has 1 aromatic heterocycles. The van der Waals surface area contributed by atoms with Crippen LogP contribution in [0.1, 0.15) is 13.2 Å². The number of nitrogens with zero attached hydrogens (tertiary/aromatic N) is 1. The van der Waals surface area contributed by atoms with Gasteiger partial charge in [-0.15, -0.1) is 0 Å². The van der Waals surface area contributed by atoms with Crippen LogP contribution >= 0.6 is 0 Å². The third-order valence-corrected chi connectivity index (χ3v) is 4.64. The fourth-order valence-corrected chi connectivity index (χ4v) is 3.59. The maximum atomic E-state index is 11.9. The van der Waals surface area contributed by atoms with E-state index in [9.17, 15) is 26.4 Å². The van der Waals surface area contributed by atoms with Crippen LogP contribution in [0.4, 0.5) is 0 Å². The molecule has 4 atom stereocenters. The molecule has 0 aromatic carbocycles. The third kappa shape index (κ3) is 5.22. The summed E-state index contributed by atoms with van der Waals surface area (Å²) in [7, 11) is -7.67. The first kappa shape index (κ1) is 19.8. The molecule has 25 heavy (non-hydrogen) atoms. The van der Waals surface area contributed by atoms with E-state index in [4.69, 9.17) is 8.92 Å². The Balaban J connectivity index is 2.34. The summed E-state index contributed by atoms with van der Waals surface area (Å²) in [5.74, 6) is -0.661. The van der Waals surface area contributed by atoms with Gasteiger partial charge in [-0.3, -0.25) is 22.7 Å². The summed E-state index contributed by atoms with van der Waals surface area (Å²) in [6, 6.07) is 1.10. The van der Waals surface area contributed by atoms with E-state index in [1.165, 1.54) is 6.20 Å². The number of H-pyrrole nitrogens is 1. The Morgan fingerprint density at radius 1 is 1.20 bits per heavy atom. The highest BCUT2D eigenvalue weighted by atomic mass is 32.2. The molecule has 2 heterocycles. The molecular formula is C12H18N2O9S2. The number of rotatable bonds is 6. The van der Waals surface area contributed by atoms with Crippen molar-refractivity contribution in [3.05, 3.63) is 33.1 Å². The summed E-state index contributed by atoms with van der Waals surface area (Å²) in [6.07, 6.45) is -0.261. The molecule has 0 amide bonds. The summed E-state index contributed by atoms with van der Waals surface area (Å²) in [5, 5.41) is 0. The van der Waals surface area contributed by atoms with E-state index >= 15 is 0 Å². The second-order valence-electron chi connectivity index (χ2n) is 5.70. The van der Waals surface area contributed by atoms with Gasteiger partial charge in [-0.1, -0.05) is 6.92 Å². The predicted octanol–water partition coefficient (Wildman–Crippen LogP) is -1.61. The zero-order chi connectivity index (χ0) is 19.0. The molecule has 0 aliphatic carbocycles. The number of hydrogen-bond acceptors (Lipinski definition) is 9. The van der Waals surface area contributed by atoms with Gasteiger partial charge in [-0.25, -0.2) is 4.79 Å². The van der Waals surface area contributed by atoms with Gasteiger partial charge >= 0.3 is 5.69 Å². The molecule has 1 saturated heterocycles. The van der Waals surface area contributed by atoms with Gasteiger partial charge in [0.15, 0.2) is 0 Å². The minimum absolute atomic E-state index is 0.488. The van der Waals surface area contributed by atoms with Crippen LogP contribution in [0.5, 0.6) is 0 Å². The van der Waals surface area contributed by atoms with Crippen molar-refractivity contribution in [1.29, 1.82) is 0 Å². The average molecular weight is 398 g/mol. The number of nitrogens with one attached hydrogen (secondary N) is 1. The number of aromatic nitrogens is 2. The molecule has 0 unspecified atom stereocenters. The first-order chi connectivity index (χ1) is 11.4. The Morgan fingerprint density at radius 2 is 1.84 bits per heavy atom. The van der Waals surface area contributed by atoms with Gasteiger partial charge in [0.05, 0.1) is 19.1 Å². The van der Waals surface area contributed by atoms with E-state index in [0.717, 1.165) is 23.1 Å². The van der Waals surface area contributed by atoms with Crippen LogP contribution in [-0.2, 0) is 33.3 Å². The van der Waals surface area contributed by atoms with Crippen molar-refractivity contribution in [2.75, 3.05) is 19.1 Å². The minimum atomic E-state index is -3.88. The van der Waals surface area contributed by atoms with Gasteiger partial charge in [-0.2, -0.15) is 16.8 Å². The van der Waals surface area contributed by atoms with E-state index < -0.39 is 62.4 Å². The molecule has 13 heteroatoms. The SMILES string of the molecule is C[C@H]1[C@H](OS(C)(=O)=O)[C@@H](COS(C)(=O)=O)O[C@H]1n1ccc(=O)[nH]c1=O. The molecule has 0 spiro atoms. The molecule has 1 aliphatic rings. The minimum Gasteiger partial charge on any atom is -0.349 e. The Hall–Kier alpha value is -1.54. The number of aromatic amines is 1. The lowest BCUT2D eigenvalue weighted by Crippen LogP contribution is -2.35. The summed E-state index contributed by atoms with van der Waals surface area (Å²) in [4.78, 5) is 25.2. The molecule has 142 valence electrons. The highest BCUT2D eigenvalue weighted by Gasteiger charge is 2.46. The topological polar surface area (TPSA) is 151 Å². The fourth-order valence-electron chi connectivity index (χ4n) is 2.50. The summed E-state index contributed by atoms with van der Waals surface area (Å²) in [6.45, 7) is 1.08. The summed E-state index contributed by atoms with van der Waals surface area (Å²) in [5.41, 5.74) is -1.36. The van der Waals surface area contributed by atoms with Crippen molar-refractivity contribution in [2.45, 2.75) is 25.4 Å². The first-order valence-electron chi connectivity index (χ1n) is 7.07. The van der Waals surface area contributed by atoms with Gasteiger partial charge in [0.25, 0.3) is 25.8 Å². The molecule has 1 aromatic rings. The quantitative estimate of drug-likeness (QED) is 0.558. The van der Waals surface area contributed by atoms with E-state index in [1.54, 1.807) is 6.92 Å². The van der Waals surface area contributed by atoms with Crippen LogP contribution in [-0.4, -0.2) is 57.7 Å². The molecule has 1 fully saturated rings. The van der Waals surface area contributed by atoms with Crippen LogP contribution in [0.2, 0.25) is 0 Å². The molecule has 2 rings (SSSR count). The molecule has 0 radical (unpaired) electrons. The molecular weight excluding hydrogens is 380 g/mol. The second kappa shape index (κ2) is 6.99. The lowest BCUT2D eigenvalue weighted by Gasteiger charge is -2.20. The third-order valence-electron chi connectivity index (χ3n) is 3.51. The van der Waals surface area contributed by atoms with Crippen molar-refractivity contribution in [1.82, 2.24) is 9.55 Å². The Kier molecular flexibility index (Phi) is 5.53. The largest absolute Gasteiger partial charge is 0.349 e. The lowest BCUT2D eigenvalue weighted by molar-refractivity contribution is -0.0385. The first-order valence-corrected chi connectivity index (χ1v) is 10.7. The normalized spacial score (nSPS) is 27.5. The Labute approximate surface area is 143 Å². The zero-order valence-corrected chi connectivity index (χ0v) is 15.2. The van der Waals surface area contributed by atoms with Gasteiger partial charge in [0, 0.05) is 18.2 Å². The van der Waals surface area contributed by atoms with Gasteiger partial charge in [-0.05, 0) is 0 Å². The lowest BCUT2D eigenvalue weighted by atomic mass is 10.0. The van der Waals surface area contributed by atoms with Gasteiger partial charge < -0.3 is 4.74 Å².